The molecule has 0 amide bonds. The van der Waals surface area contributed by atoms with E-state index in [1.165, 1.54) is 12.8 Å². The molecule has 0 aliphatic heterocycles. The number of nitrogens with zero attached hydrogens (tertiary/aromatic N) is 2. The predicted molar refractivity (Wildman–Crippen MR) is 63.1 cm³/mol. The summed E-state index contributed by atoms with van der Waals surface area (Å²) in [5.74, 6) is 0.830. The highest BCUT2D eigenvalue weighted by Crippen LogP contribution is 2.28. The van der Waals surface area contributed by atoms with Gasteiger partial charge in [0.15, 0.2) is 0 Å². The van der Waals surface area contributed by atoms with E-state index in [9.17, 15) is 5.11 Å². The summed E-state index contributed by atoms with van der Waals surface area (Å²) >= 11 is 0. The summed E-state index contributed by atoms with van der Waals surface area (Å²) in [6.07, 6.45) is 7.46. The van der Waals surface area contributed by atoms with Gasteiger partial charge >= 0.3 is 0 Å². The largest absolute Gasteiger partial charge is 0.394 e. The molecule has 1 unspecified atom stereocenters. The fraction of sp³-hybridized carbons (Fsp3) is 0.750. The molecule has 0 saturated heterocycles. The summed E-state index contributed by atoms with van der Waals surface area (Å²) in [6, 6.07) is 0.0367. The Kier molecular flexibility index (Phi) is 3.96. The molecule has 1 saturated carbocycles. The fourth-order valence-electron chi connectivity index (χ4n) is 1.94. The van der Waals surface area contributed by atoms with E-state index in [0.29, 0.717) is 0 Å². The van der Waals surface area contributed by atoms with Crippen LogP contribution in [-0.4, -0.2) is 27.8 Å². The maximum atomic E-state index is 9.42. The second kappa shape index (κ2) is 5.46. The molecule has 0 spiro atoms. The van der Waals surface area contributed by atoms with Crippen molar-refractivity contribution in [1.82, 2.24) is 14.9 Å². The first-order valence-electron chi connectivity index (χ1n) is 6.19. The van der Waals surface area contributed by atoms with Crippen LogP contribution in [0.1, 0.15) is 37.9 Å². The average Bonchev–Trinajstić information content (AvgIpc) is 3.01. The van der Waals surface area contributed by atoms with Crippen molar-refractivity contribution in [3.63, 3.8) is 0 Å². The van der Waals surface area contributed by atoms with Crippen LogP contribution in [0.3, 0.4) is 0 Å². The van der Waals surface area contributed by atoms with Crippen LogP contribution in [0, 0.1) is 5.92 Å². The van der Waals surface area contributed by atoms with Crippen LogP contribution in [-0.2, 0) is 6.54 Å². The number of aromatic nitrogens is 2. The SMILES string of the molecule is CCCn1cncc1C(CO)NCC1CC1. The molecule has 90 valence electrons. The van der Waals surface area contributed by atoms with E-state index in [2.05, 4.69) is 21.8 Å². The smallest absolute Gasteiger partial charge is 0.0948 e. The maximum absolute atomic E-state index is 9.42. The number of imidazole rings is 1. The van der Waals surface area contributed by atoms with Gasteiger partial charge in [-0.25, -0.2) is 4.98 Å². The van der Waals surface area contributed by atoms with Crippen molar-refractivity contribution < 1.29 is 5.11 Å². The molecular formula is C12H21N3O. The lowest BCUT2D eigenvalue weighted by molar-refractivity contribution is 0.237. The molecule has 1 aromatic rings. The van der Waals surface area contributed by atoms with E-state index in [4.69, 9.17) is 0 Å². The van der Waals surface area contributed by atoms with E-state index in [-0.39, 0.29) is 12.6 Å². The summed E-state index contributed by atoms with van der Waals surface area (Å²) in [5.41, 5.74) is 1.10. The molecule has 1 aliphatic rings. The van der Waals surface area contributed by atoms with Crippen molar-refractivity contribution in [2.45, 2.75) is 38.8 Å². The van der Waals surface area contributed by atoms with Gasteiger partial charge in [0, 0.05) is 12.7 Å². The molecule has 4 heteroatoms. The van der Waals surface area contributed by atoms with Gasteiger partial charge in [0.25, 0.3) is 0 Å². The second-order valence-corrected chi connectivity index (χ2v) is 4.60. The van der Waals surface area contributed by atoms with E-state index in [0.717, 1.165) is 31.1 Å². The van der Waals surface area contributed by atoms with Crippen molar-refractivity contribution in [3.05, 3.63) is 18.2 Å². The number of nitrogens with one attached hydrogen (secondary N) is 1. The zero-order valence-electron chi connectivity index (χ0n) is 9.89. The van der Waals surface area contributed by atoms with Gasteiger partial charge in [-0.1, -0.05) is 6.92 Å². The molecule has 2 N–H and O–H groups in total. The van der Waals surface area contributed by atoms with Crippen LogP contribution in [0.2, 0.25) is 0 Å². The molecule has 0 bridgehead atoms. The van der Waals surface area contributed by atoms with Gasteiger partial charge in [-0.05, 0) is 31.7 Å². The fourth-order valence-corrected chi connectivity index (χ4v) is 1.94. The first-order chi connectivity index (χ1) is 7.85. The third-order valence-corrected chi connectivity index (χ3v) is 3.10. The number of aryl methyl sites for hydroxylation is 1. The Morgan fingerprint density at radius 1 is 1.62 bits per heavy atom. The van der Waals surface area contributed by atoms with Crippen LogP contribution in [0.15, 0.2) is 12.5 Å². The Bertz CT molecular complexity index is 320. The van der Waals surface area contributed by atoms with Gasteiger partial charge in [0.05, 0.1) is 24.7 Å². The summed E-state index contributed by atoms with van der Waals surface area (Å²) in [7, 11) is 0. The highest BCUT2D eigenvalue weighted by Gasteiger charge is 2.23. The minimum Gasteiger partial charge on any atom is -0.394 e. The molecule has 2 rings (SSSR count). The van der Waals surface area contributed by atoms with Crippen LogP contribution < -0.4 is 5.32 Å². The van der Waals surface area contributed by atoms with Crippen molar-refractivity contribution >= 4 is 0 Å². The topological polar surface area (TPSA) is 50.1 Å². The van der Waals surface area contributed by atoms with Gasteiger partial charge in [-0.2, -0.15) is 0 Å². The number of hydrogen-bond donors (Lipinski definition) is 2. The van der Waals surface area contributed by atoms with Crippen molar-refractivity contribution in [3.8, 4) is 0 Å². The highest BCUT2D eigenvalue weighted by atomic mass is 16.3. The number of hydrogen-bond acceptors (Lipinski definition) is 3. The lowest BCUT2D eigenvalue weighted by atomic mass is 10.2. The molecule has 1 fully saturated rings. The third kappa shape index (κ3) is 2.83. The van der Waals surface area contributed by atoms with Crippen LogP contribution >= 0.6 is 0 Å². The van der Waals surface area contributed by atoms with Crippen LogP contribution in [0.4, 0.5) is 0 Å². The van der Waals surface area contributed by atoms with Crippen molar-refractivity contribution in [2.24, 2.45) is 5.92 Å². The Morgan fingerprint density at radius 2 is 2.44 bits per heavy atom. The highest BCUT2D eigenvalue weighted by molar-refractivity contribution is 5.05. The summed E-state index contributed by atoms with van der Waals surface area (Å²) in [5, 5.41) is 12.8. The third-order valence-electron chi connectivity index (χ3n) is 3.10. The Labute approximate surface area is 96.7 Å². The molecule has 1 aliphatic carbocycles. The Balaban J connectivity index is 1.96. The first-order valence-corrected chi connectivity index (χ1v) is 6.19. The van der Waals surface area contributed by atoms with E-state index >= 15 is 0 Å². The predicted octanol–water partition coefficient (Wildman–Crippen LogP) is 1.33. The molecule has 16 heavy (non-hydrogen) atoms. The van der Waals surface area contributed by atoms with Crippen molar-refractivity contribution in [1.29, 1.82) is 0 Å². The van der Waals surface area contributed by atoms with Gasteiger partial charge in [0.1, 0.15) is 0 Å². The Morgan fingerprint density at radius 3 is 3.06 bits per heavy atom. The minimum absolute atomic E-state index is 0.0367. The van der Waals surface area contributed by atoms with E-state index < -0.39 is 0 Å². The quantitative estimate of drug-likeness (QED) is 0.733. The van der Waals surface area contributed by atoms with Gasteiger partial charge in [0.2, 0.25) is 0 Å². The lowest BCUT2D eigenvalue weighted by Crippen LogP contribution is -2.28. The number of rotatable bonds is 7. The van der Waals surface area contributed by atoms with Crippen LogP contribution in [0.25, 0.3) is 0 Å². The monoisotopic (exact) mass is 223 g/mol. The van der Waals surface area contributed by atoms with Crippen LogP contribution in [0.5, 0.6) is 0 Å². The summed E-state index contributed by atoms with van der Waals surface area (Å²) in [6.45, 7) is 4.27. The molecule has 0 radical (unpaired) electrons. The zero-order valence-corrected chi connectivity index (χ0v) is 9.89. The molecular weight excluding hydrogens is 202 g/mol. The van der Waals surface area contributed by atoms with Crippen molar-refractivity contribution in [2.75, 3.05) is 13.2 Å². The Hall–Kier alpha value is -0.870. The summed E-state index contributed by atoms with van der Waals surface area (Å²) in [4.78, 5) is 4.16. The molecule has 0 aromatic carbocycles. The van der Waals surface area contributed by atoms with Gasteiger partial charge < -0.3 is 15.0 Å². The lowest BCUT2D eigenvalue weighted by Gasteiger charge is -2.18. The molecule has 1 atom stereocenters. The molecule has 1 aromatic heterocycles. The van der Waals surface area contributed by atoms with E-state index in [1.54, 1.807) is 0 Å². The number of aliphatic hydroxyl groups excluding tert-OH is 1. The summed E-state index contributed by atoms with van der Waals surface area (Å²) < 4.78 is 2.13. The van der Waals surface area contributed by atoms with Gasteiger partial charge in [-0.3, -0.25) is 0 Å². The van der Waals surface area contributed by atoms with E-state index in [1.807, 2.05) is 12.5 Å². The first kappa shape index (κ1) is 11.6. The standard InChI is InChI=1S/C12H21N3O/c1-2-5-15-9-13-7-12(15)11(8-16)14-6-10-3-4-10/h7,9-11,14,16H,2-6,8H2,1H3. The zero-order chi connectivity index (χ0) is 11.4. The normalized spacial score (nSPS) is 17.6. The second-order valence-electron chi connectivity index (χ2n) is 4.60. The average molecular weight is 223 g/mol. The molecule has 4 nitrogen and oxygen atoms in total. The van der Waals surface area contributed by atoms with Gasteiger partial charge in [-0.15, -0.1) is 0 Å². The minimum atomic E-state index is 0.0367. The molecule has 1 heterocycles. The maximum Gasteiger partial charge on any atom is 0.0948 e. The number of aliphatic hydroxyl groups is 1.